The number of hydrogen-bond acceptors (Lipinski definition) is 4. The van der Waals surface area contributed by atoms with Crippen molar-refractivity contribution in [3.05, 3.63) is 53.1 Å². The first-order chi connectivity index (χ1) is 14.3. The Balaban J connectivity index is 2.13. The summed E-state index contributed by atoms with van der Waals surface area (Å²) in [5.74, 6) is -0.403. The van der Waals surface area contributed by atoms with Crippen LogP contribution in [0, 0.1) is 11.3 Å². The second kappa shape index (κ2) is 7.54. The van der Waals surface area contributed by atoms with E-state index in [2.05, 4.69) is 0 Å². The molecule has 0 aliphatic carbocycles. The third kappa shape index (κ3) is 3.72. The van der Waals surface area contributed by atoms with Gasteiger partial charge in [0.2, 0.25) is 0 Å². The molecule has 1 aliphatic heterocycles. The third-order valence-electron chi connectivity index (χ3n) is 5.25. The van der Waals surface area contributed by atoms with Gasteiger partial charge in [-0.1, -0.05) is 13.8 Å². The topological polar surface area (TPSA) is 67.6 Å². The lowest BCUT2D eigenvalue weighted by atomic mass is 9.98. The van der Waals surface area contributed by atoms with Crippen LogP contribution in [0.3, 0.4) is 0 Å². The lowest BCUT2D eigenvalue weighted by Crippen LogP contribution is -2.44. The van der Waals surface area contributed by atoms with Crippen molar-refractivity contribution >= 4 is 34.6 Å². The van der Waals surface area contributed by atoms with E-state index in [0.717, 1.165) is 17.0 Å². The Kier molecular flexibility index (Phi) is 5.48. The summed E-state index contributed by atoms with van der Waals surface area (Å²) >= 11 is 5.51. The fraction of sp³-hybridized carbons (Fsp3) is 0.318. The number of anilines is 2. The Hall–Kier alpha value is -3.12. The van der Waals surface area contributed by atoms with E-state index in [1.807, 2.05) is 13.8 Å². The van der Waals surface area contributed by atoms with Gasteiger partial charge >= 0.3 is 6.18 Å². The van der Waals surface area contributed by atoms with Gasteiger partial charge in [-0.2, -0.15) is 18.4 Å². The highest BCUT2D eigenvalue weighted by atomic mass is 32.1. The Morgan fingerprint density at radius 3 is 2.29 bits per heavy atom. The molecular formula is C22H20F3N3O2S. The van der Waals surface area contributed by atoms with E-state index in [9.17, 15) is 23.1 Å². The van der Waals surface area contributed by atoms with Gasteiger partial charge in [0.25, 0.3) is 5.91 Å². The van der Waals surface area contributed by atoms with Gasteiger partial charge in [0.15, 0.2) is 5.11 Å². The minimum Gasteiger partial charge on any atom is -0.508 e. The SMILES string of the molecule is CC(C)c1cc(N2C(=S)N(c3ccc(C#N)c(C(F)(F)F)c3)C(=O)C2(C)C)ccc1O. The molecule has 0 aromatic heterocycles. The standard InChI is InChI=1S/C22H20F3N3O2S/c1-12(2)16-9-15(7-8-18(16)29)28-20(31)27(19(30)21(28,3)4)14-6-5-13(11-26)17(10-14)22(23,24)25/h5-10,12,29H,1-4H3. The molecule has 1 N–H and O–H groups in total. The summed E-state index contributed by atoms with van der Waals surface area (Å²) in [5.41, 5.74) is -1.73. The average Bonchev–Trinajstić information content (AvgIpc) is 2.85. The first-order valence-electron chi connectivity index (χ1n) is 9.43. The van der Waals surface area contributed by atoms with Crippen LogP contribution < -0.4 is 9.80 Å². The number of rotatable bonds is 3. The molecule has 9 heteroatoms. The predicted octanol–water partition coefficient (Wildman–Crippen LogP) is 5.32. The first-order valence-corrected chi connectivity index (χ1v) is 9.84. The minimum absolute atomic E-state index is 0.00101. The summed E-state index contributed by atoms with van der Waals surface area (Å²) in [6.07, 6.45) is -4.76. The third-order valence-corrected chi connectivity index (χ3v) is 5.61. The van der Waals surface area contributed by atoms with Gasteiger partial charge in [-0.15, -0.1) is 0 Å². The summed E-state index contributed by atoms with van der Waals surface area (Å²) in [5, 5.41) is 19.2. The van der Waals surface area contributed by atoms with Crippen LogP contribution >= 0.6 is 12.2 Å². The molecule has 3 rings (SSSR count). The monoisotopic (exact) mass is 447 g/mol. The van der Waals surface area contributed by atoms with E-state index in [-0.39, 0.29) is 22.5 Å². The molecular weight excluding hydrogens is 427 g/mol. The molecule has 1 fully saturated rings. The van der Waals surface area contributed by atoms with Gasteiger partial charge in [-0.25, -0.2) is 0 Å². The molecule has 5 nitrogen and oxygen atoms in total. The lowest BCUT2D eigenvalue weighted by Gasteiger charge is -2.30. The number of phenolic OH excluding ortho intramolecular Hbond substituents is 1. The molecule has 31 heavy (non-hydrogen) atoms. The van der Waals surface area contributed by atoms with Gasteiger partial charge in [0, 0.05) is 5.69 Å². The highest BCUT2D eigenvalue weighted by Crippen LogP contribution is 2.41. The van der Waals surface area contributed by atoms with Gasteiger partial charge in [0.1, 0.15) is 11.3 Å². The van der Waals surface area contributed by atoms with Crippen molar-refractivity contribution in [2.75, 3.05) is 9.80 Å². The normalized spacial score (nSPS) is 16.2. The number of hydrogen-bond donors (Lipinski definition) is 1. The number of alkyl halides is 3. The number of carbonyl (C=O) groups is 1. The molecule has 1 aliphatic rings. The molecule has 0 bridgehead atoms. The van der Waals surface area contributed by atoms with Crippen LogP contribution in [-0.2, 0) is 11.0 Å². The van der Waals surface area contributed by atoms with Crippen LogP contribution in [0.1, 0.15) is 50.3 Å². The van der Waals surface area contributed by atoms with Crippen LogP contribution in [0.25, 0.3) is 0 Å². The molecule has 1 saturated heterocycles. The van der Waals surface area contributed by atoms with Crippen molar-refractivity contribution in [2.24, 2.45) is 0 Å². The van der Waals surface area contributed by atoms with Crippen molar-refractivity contribution in [1.29, 1.82) is 5.26 Å². The smallest absolute Gasteiger partial charge is 0.417 e. The second-order valence-electron chi connectivity index (χ2n) is 8.05. The van der Waals surface area contributed by atoms with Gasteiger partial charge in [-0.3, -0.25) is 9.69 Å². The quantitative estimate of drug-likeness (QED) is 0.645. The van der Waals surface area contributed by atoms with Crippen LogP contribution in [0.2, 0.25) is 0 Å². The molecule has 2 aromatic carbocycles. The van der Waals surface area contributed by atoms with Crippen LogP contribution in [0.4, 0.5) is 24.5 Å². The number of nitrogens with zero attached hydrogens (tertiary/aromatic N) is 3. The van der Waals surface area contributed by atoms with E-state index >= 15 is 0 Å². The number of nitriles is 1. The van der Waals surface area contributed by atoms with Crippen LogP contribution in [0.15, 0.2) is 36.4 Å². The van der Waals surface area contributed by atoms with Gasteiger partial charge in [0.05, 0.1) is 22.9 Å². The van der Waals surface area contributed by atoms with Crippen LogP contribution in [-0.4, -0.2) is 21.7 Å². The van der Waals surface area contributed by atoms with Crippen molar-refractivity contribution < 1.29 is 23.1 Å². The maximum absolute atomic E-state index is 13.4. The zero-order chi connectivity index (χ0) is 23.3. The van der Waals surface area contributed by atoms with Crippen molar-refractivity contribution in [3.8, 4) is 11.8 Å². The summed E-state index contributed by atoms with van der Waals surface area (Å²) in [6.45, 7) is 7.05. The Morgan fingerprint density at radius 1 is 1.13 bits per heavy atom. The highest BCUT2D eigenvalue weighted by molar-refractivity contribution is 7.81. The van der Waals surface area contributed by atoms with E-state index in [0.29, 0.717) is 11.3 Å². The average molecular weight is 447 g/mol. The van der Waals surface area contributed by atoms with Crippen molar-refractivity contribution in [1.82, 2.24) is 0 Å². The predicted molar refractivity (Wildman–Crippen MR) is 115 cm³/mol. The molecule has 0 atom stereocenters. The number of halogens is 3. The lowest BCUT2D eigenvalue weighted by molar-refractivity contribution is -0.137. The minimum atomic E-state index is -4.76. The fourth-order valence-electron chi connectivity index (χ4n) is 3.60. The van der Waals surface area contributed by atoms with Gasteiger partial charge < -0.3 is 10.0 Å². The fourth-order valence-corrected chi connectivity index (χ4v) is 4.12. The summed E-state index contributed by atoms with van der Waals surface area (Å²) in [6, 6.07) is 9.40. The van der Waals surface area contributed by atoms with Crippen LogP contribution in [0.5, 0.6) is 5.75 Å². The zero-order valence-corrected chi connectivity index (χ0v) is 18.1. The zero-order valence-electron chi connectivity index (χ0n) is 17.3. The maximum Gasteiger partial charge on any atom is 0.417 e. The number of thiocarbonyl (C=S) groups is 1. The molecule has 2 aromatic rings. The van der Waals surface area contributed by atoms with E-state index in [1.165, 1.54) is 18.2 Å². The first kappa shape index (κ1) is 22.6. The summed E-state index contributed by atoms with van der Waals surface area (Å²) in [7, 11) is 0. The second-order valence-corrected chi connectivity index (χ2v) is 8.42. The van der Waals surface area contributed by atoms with Gasteiger partial charge in [-0.05, 0) is 73.9 Å². The van der Waals surface area contributed by atoms with E-state index in [1.54, 1.807) is 30.9 Å². The summed E-state index contributed by atoms with van der Waals surface area (Å²) in [4.78, 5) is 15.8. The molecule has 1 amide bonds. The molecule has 0 spiro atoms. The molecule has 0 radical (unpaired) electrons. The number of phenols is 1. The molecule has 0 unspecified atom stereocenters. The number of carbonyl (C=O) groups excluding carboxylic acids is 1. The Bertz CT molecular complexity index is 1120. The van der Waals surface area contributed by atoms with Crippen molar-refractivity contribution in [3.63, 3.8) is 0 Å². The largest absolute Gasteiger partial charge is 0.508 e. The van der Waals surface area contributed by atoms with E-state index < -0.39 is 28.7 Å². The van der Waals surface area contributed by atoms with Crippen molar-refractivity contribution in [2.45, 2.75) is 45.3 Å². The summed E-state index contributed by atoms with van der Waals surface area (Å²) < 4.78 is 40.3. The number of aromatic hydroxyl groups is 1. The molecule has 1 heterocycles. The Morgan fingerprint density at radius 2 is 1.74 bits per heavy atom. The Labute approximate surface area is 183 Å². The van der Waals surface area contributed by atoms with E-state index in [4.69, 9.17) is 17.5 Å². The highest BCUT2D eigenvalue weighted by Gasteiger charge is 2.50. The molecule has 162 valence electrons. The number of amides is 1. The maximum atomic E-state index is 13.4. The molecule has 0 saturated carbocycles. The number of benzene rings is 2.